The molecule has 1 aromatic carbocycles. The Morgan fingerprint density at radius 3 is 3.00 bits per heavy atom. The maximum Gasteiger partial charge on any atom is 0.255 e. The standard InChI is InChI=1S/C12H12ClN3OS/c1-16(5-8-6-18-7-15-8)12(17)9-3-2-4-10(14)11(9)13/h2-4,6-7H,5,14H2,1H3. The number of aromatic nitrogens is 1. The second-order valence-corrected chi connectivity index (χ2v) is 4.95. The minimum atomic E-state index is -0.166. The number of nitrogens with two attached hydrogens (primary N) is 1. The Morgan fingerprint density at radius 2 is 2.33 bits per heavy atom. The fraction of sp³-hybridized carbons (Fsp3) is 0.167. The van der Waals surface area contributed by atoms with Crippen LogP contribution in [0.1, 0.15) is 16.1 Å². The molecule has 0 aliphatic carbocycles. The molecule has 1 aromatic heterocycles. The van der Waals surface area contributed by atoms with E-state index in [4.69, 9.17) is 17.3 Å². The van der Waals surface area contributed by atoms with Crippen molar-refractivity contribution >= 4 is 34.5 Å². The van der Waals surface area contributed by atoms with Crippen molar-refractivity contribution in [1.82, 2.24) is 9.88 Å². The minimum Gasteiger partial charge on any atom is -0.398 e. The molecule has 0 saturated carbocycles. The lowest BCUT2D eigenvalue weighted by Crippen LogP contribution is -2.26. The van der Waals surface area contributed by atoms with Gasteiger partial charge in [0.1, 0.15) is 0 Å². The van der Waals surface area contributed by atoms with Crippen molar-refractivity contribution in [3.8, 4) is 0 Å². The van der Waals surface area contributed by atoms with Gasteiger partial charge in [-0.05, 0) is 12.1 Å². The number of hydrogen-bond acceptors (Lipinski definition) is 4. The fourth-order valence-corrected chi connectivity index (χ4v) is 2.31. The van der Waals surface area contributed by atoms with Gasteiger partial charge < -0.3 is 10.6 Å². The first kappa shape index (κ1) is 12.9. The van der Waals surface area contributed by atoms with E-state index < -0.39 is 0 Å². The first-order valence-corrected chi connectivity index (χ1v) is 6.58. The van der Waals surface area contributed by atoms with Crippen molar-refractivity contribution in [2.45, 2.75) is 6.54 Å². The van der Waals surface area contributed by atoms with Crippen molar-refractivity contribution < 1.29 is 4.79 Å². The number of nitrogens with zero attached hydrogens (tertiary/aromatic N) is 2. The monoisotopic (exact) mass is 281 g/mol. The van der Waals surface area contributed by atoms with E-state index in [1.807, 2.05) is 5.38 Å². The van der Waals surface area contributed by atoms with Crippen LogP contribution in [0.25, 0.3) is 0 Å². The fourth-order valence-electron chi connectivity index (χ4n) is 1.55. The molecule has 2 rings (SSSR count). The molecule has 0 aliphatic heterocycles. The van der Waals surface area contributed by atoms with Crippen molar-refractivity contribution in [2.75, 3.05) is 12.8 Å². The van der Waals surface area contributed by atoms with Crippen molar-refractivity contribution in [3.63, 3.8) is 0 Å². The summed E-state index contributed by atoms with van der Waals surface area (Å²) in [5, 5.41) is 2.21. The zero-order valence-corrected chi connectivity index (χ0v) is 11.3. The number of thiazole rings is 1. The molecule has 0 aliphatic rings. The topological polar surface area (TPSA) is 59.2 Å². The number of amides is 1. The van der Waals surface area contributed by atoms with Crippen LogP contribution in [0.3, 0.4) is 0 Å². The van der Waals surface area contributed by atoms with E-state index in [0.717, 1.165) is 5.69 Å². The number of benzene rings is 1. The van der Waals surface area contributed by atoms with E-state index in [2.05, 4.69) is 4.98 Å². The summed E-state index contributed by atoms with van der Waals surface area (Å²) >= 11 is 7.53. The number of carbonyl (C=O) groups excluding carboxylic acids is 1. The Bertz CT molecular complexity index is 556. The van der Waals surface area contributed by atoms with Crippen LogP contribution in [-0.2, 0) is 6.54 Å². The lowest BCUT2D eigenvalue weighted by Gasteiger charge is -2.17. The van der Waals surface area contributed by atoms with E-state index in [1.165, 1.54) is 11.3 Å². The molecule has 0 spiro atoms. The van der Waals surface area contributed by atoms with E-state index in [9.17, 15) is 4.79 Å². The van der Waals surface area contributed by atoms with Gasteiger partial charge in [0.05, 0.1) is 34.0 Å². The highest BCUT2D eigenvalue weighted by Crippen LogP contribution is 2.24. The number of halogens is 1. The normalized spacial score (nSPS) is 10.3. The van der Waals surface area contributed by atoms with Gasteiger partial charge in [0.2, 0.25) is 0 Å². The van der Waals surface area contributed by atoms with Crippen LogP contribution in [0.5, 0.6) is 0 Å². The van der Waals surface area contributed by atoms with E-state index in [-0.39, 0.29) is 5.91 Å². The molecular weight excluding hydrogens is 270 g/mol. The summed E-state index contributed by atoms with van der Waals surface area (Å²) in [6.45, 7) is 0.452. The number of carbonyl (C=O) groups is 1. The lowest BCUT2D eigenvalue weighted by molar-refractivity contribution is 0.0784. The third kappa shape index (κ3) is 2.63. The highest BCUT2D eigenvalue weighted by atomic mass is 35.5. The molecule has 6 heteroatoms. The minimum absolute atomic E-state index is 0.166. The van der Waals surface area contributed by atoms with Crippen LogP contribution in [0.15, 0.2) is 29.1 Å². The van der Waals surface area contributed by atoms with Gasteiger partial charge in [-0.15, -0.1) is 11.3 Å². The number of hydrogen-bond donors (Lipinski definition) is 1. The summed E-state index contributed by atoms with van der Waals surface area (Å²) in [7, 11) is 1.71. The Kier molecular flexibility index (Phi) is 3.84. The summed E-state index contributed by atoms with van der Waals surface area (Å²) < 4.78 is 0. The molecule has 1 heterocycles. The molecule has 2 N–H and O–H groups in total. The maximum absolute atomic E-state index is 12.2. The van der Waals surface area contributed by atoms with Gasteiger partial charge in [-0.25, -0.2) is 4.98 Å². The number of nitrogen functional groups attached to an aromatic ring is 1. The summed E-state index contributed by atoms with van der Waals surface area (Å²) in [5.74, 6) is -0.166. The smallest absolute Gasteiger partial charge is 0.255 e. The molecule has 0 radical (unpaired) electrons. The van der Waals surface area contributed by atoms with Gasteiger partial charge in [-0.3, -0.25) is 4.79 Å². The van der Waals surface area contributed by atoms with Crippen LogP contribution >= 0.6 is 22.9 Å². The second kappa shape index (κ2) is 5.37. The maximum atomic E-state index is 12.2. The third-order valence-corrected chi connectivity index (χ3v) is 3.55. The van der Waals surface area contributed by atoms with Crippen LogP contribution in [0.2, 0.25) is 5.02 Å². The summed E-state index contributed by atoms with van der Waals surface area (Å²) in [6, 6.07) is 5.04. The van der Waals surface area contributed by atoms with E-state index in [1.54, 1.807) is 35.7 Å². The molecule has 18 heavy (non-hydrogen) atoms. The molecule has 0 fully saturated rings. The zero-order chi connectivity index (χ0) is 13.1. The molecular formula is C12H12ClN3OS. The van der Waals surface area contributed by atoms with Gasteiger partial charge in [0, 0.05) is 12.4 Å². The summed E-state index contributed by atoms with van der Waals surface area (Å²) in [6.07, 6.45) is 0. The SMILES string of the molecule is CN(Cc1cscn1)C(=O)c1cccc(N)c1Cl. The molecule has 2 aromatic rings. The van der Waals surface area contributed by atoms with Crippen LogP contribution in [0, 0.1) is 0 Å². The Morgan fingerprint density at radius 1 is 1.56 bits per heavy atom. The molecule has 94 valence electrons. The van der Waals surface area contributed by atoms with Gasteiger partial charge in [-0.2, -0.15) is 0 Å². The largest absolute Gasteiger partial charge is 0.398 e. The van der Waals surface area contributed by atoms with Crippen LogP contribution in [-0.4, -0.2) is 22.8 Å². The van der Waals surface area contributed by atoms with Gasteiger partial charge in [0.15, 0.2) is 0 Å². The number of rotatable bonds is 3. The third-order valence-electron chi connectivity index (χ3n) is 2.49. The van der Waals surface area contributed by atoms with Crippen LogP contribution in [0.4, 0.5) is 5.69 Å². The Labute approximate surface area is 114 Å². The molecule has 0 atom stereocenters. The zero-order valence-electron chi connectivity index (χ0n) is 9.76. The lowest BCUT2D eigenvalue weighted by atomic mass is 10.1. The first-order valence-electron chi connectivity index (χ1n) is 5.26. The van der Waals surface area contributed by atoms with Gasteiger partial charge in [0.25, 0.3) is 5.91 Å². The van der Waals surface area contributed by atoms with E-state index >= 15 is 0 Å². The molecule has 1 amide bonds. The Hall–Kier alpha value is -1.59. The first-order chi connectivity index (χ1) is 8.59. The average Bonchev–Trinajstić information content (AvgIpc) is 2.84. The summed E-state index contributed by atoms with van der Waals surface area (Å²) in [5.41, 5.74) is 9.09. The van der Waals surface area contributed by atoms with Gasteiger partial charge >= 0.3 is 0 Å². The predicted molar refractivity (Wildman–Crippen MR) is 73.8 cm³/mol. The Balaban J connectivity index is 2.18. The summed E-state index contributed by atoms with van der Waals surface area (Å²) in [4.78, 5) is 17.9. The van der Waals surface area contributed by atoms with Crippen LogP contribution < -0.4 is 5.73 Å². The van der Waals surface area contributed by atoms with Gasteiger partial charge in [-0.1, -0.05) is 17.7 Å². The predicted octanol–water partition coefficient (Wildman–Crippen LogP) is 2.65. The molecule has 4 nitrogen and oxygen atoms in total. The van der Waals surface area contributed by atoms with Crippen molar-refractivity contribution in [1.29, 1.82) is 0 Å². The van der Waals surface area contributed by atoms with E-state index in [0.29, 0.717) is 22.8 Å². The van der Waals surface area contributed by atoms with Crippen molar-refractivity contribution in [3.05, 3.63) is 45.4 Å². The number of anilines is 1. The highest BCUT2D eigenvalue weighted by Gasteiger charge is 2.16. The highest BCUT2D eigenvalue weighted by molar-refractivity contribution is 7.07. The van der Waals surface area contributed by atoms with Crippen molar-refractivity contribution in [2.24, 2.45) is 0 Å². The quantitative estimate of drug-likeness (QED) is 0.880. The second-order valence-electron chi connectivity index (χ2n) is 3.85. The molecule has 0 unspecified atom stereocenters. The molecule has 0 bridgehead atoms. The average molecular weight is 282 g/mol. The molecule has 0 saturated heterocycles.